The first-order chi connectivity index (χ1) is 7.56. The maximum Gasteiger partial charge on any atom is 0.131 e. The number of aromatic nitrogens is 1. The molecule has 0 N–H and O–H groups in total. The highest BCUT2D eigenvalue weighted by molar-refractivity contribution is 9.10. The van der Waals surface area contributed by atoms with Crippen LogP contribution >= 0.6 is 27.5 Å². The lowest BCUT2D eigenvalue weighted by Crippen LogP contribution is -2.33. The van der Waals surface area contributed by atoms with Crippen LogP contribution in [0, 0.1) is 6.92 Å². The van der Waals surface area contributed by atoms with Crippen LogP contribution in [0.15, 0.2) is 16.7 Å². The molecule has 0 bridgehead atoms. The summed E-state index contributed by atoms with van der Waals surface area (Å²) >= 11 is 9.18. The van der Waals surface area contributed by atoms with Crippen LogP contribution in [0.5, 0.6) is 0 Å². The lowest BCUT2D eigenvalue weighted by molar-refractivity contribution is 0.661. The molecule has 0 unspecified atom stereocenters. The Bertz CT molecular complexity index is 342. The van der Waals surface area contributed by atoms with Gasteiger partial charge in [-0.1, -0.05) is 0 Å². The molecule has 0 saturated heterocycles. The number of anilines is 1. The molecular weight excluding hydrogens is 288 g/mol. The van der Waals surface area contributed by atoms with Crippen LogP contribution in [0.2, 0.25) is 0 Å². The van der Waals surface area contributed by atoms with E-state index in [9.17, 15) is 0 Å². The van der Waals surface area contributed by atoms with Crippen LogP contribution in [0.4, 0.5) is 5.82 Å². The first kappa shape index (κ1) is 13.8. The average Bonchev–Trinajstić information content (AvgIpc) is 2.20. The minimum atomic E-state index is 0.440. The predicted molar refractivity (Wildman–Crippen MR) is 74.5 cm³/mol. The Labute approximate surface area is 111 Å². The van der Waals surface area contributed by atoms with Crippen molar-refractivity contribution < 1.29 is 0 Å². The van der Waals surface area contributed by atoms with Crippen molar-refractivity contribution in [2.24, 2.45) is 0 Å². The van der Waals surface area contributed by atoms with E-state index in [2.05, 4.69) is 52.7 Å². The zero-order valence-corrected chi connectivity index (χ0v) is 12.3. The maximum absolute atomic E-state index is 5.75. The molecule has 16 heavy (non-hydrogen) atoms. The number of nitrogens with zero attached hydrogens (tertiary/aromatic N) is 2. The van der Waals surface area contributed by atoms with Gasteiger partial charge < -0.3 is 4.90 Å². The zero-order valence-electron chi connectivity index (χ0n) is 10.0. The number of hydrogen-bond donors (Lipinski definition) is 0. The SMILES string of the molecule is Cc1cc(Br)cnc1N(CCCCl)C(C)C. The van der Waals surface area contributed by atoms with Gasteiger partial charge in [-0.15, -0.1) is 11.6 Å². The predicted octanol–water partition coefficient (Wildman–Crippen LogP) is 4.00. The molecule has 2 nitrogen and oxygen atoms in total. The molecule has 90 valence electrons. The summed E-state index contributed by atoms with van der Waals surface area (Å²) in [6.07, 6.45) is 2.83. The first-order valence-electron chi connectivity index (χ1n) is 5.51. The van der Waals surface area contributed by atoms with Crippen molar-refractivity contribution in [1.82, 2.24) is 4.98 Å². The molecule has 0 atom stereocenters. The number of hydrogen-bond acceptors (Lipinski definition) is 2. The van der Waals surface area contributed by atoms with Crippen molar-refractivity contribution in [2.45, 2.75) is 33.2 Å². The molecule has 1 aromatic heterocycles. The quantitative estimate of drug-likeness (QED) is 0.765. The lowest BCUT2D eigenvalue weighted by atomic mass is 10.2. The summed E-state index contributed by atoms with van der Waals surface area (Å²) in [4.78, 5) is 6.78. The van der Waals surface area contributed by atoms with Crippen molar-refractivity contribution in [3.63, 3.8) is 0 Å². The van der Waals surface area contributed by atoms with Crippen molar-refractivity contribution in [2.75, 3.05) is 17.3 Å². The second-order valence-corrected chi connectivity index (χ2v) is 5.42. The minimum absolute atomic E-state index is 0.440. The molecule has 1 rings (SSSR count). The van der Waals surface area contributed by atoms with Gasteiger partial charge >= 0.3 is 0 Å². The van der Waals surface area contributed by atoms with Gasteiger partial charge in [0.2, 0.25) is 0 Å². The number of halogens is 2. The van der Waals surface area contributed by atoms with E-state index in [-0.39, 0.29) is 0 Å². The summed E-state index contributed by atoms with van der Waals surface area (Å²) in [5.41, 5.74) is 1.19. The third-order valence-electron chi connectivity index (χ3n) is 2.45. The van der Waals surface area contributed by atoms with Crippen LogP contribution in [-0.4, -0.2) is 23.5 Å². The Balaban J connectivity index is 2.92. The van der Waals surface area contributed by atoms with E-state index >= 15 is 0 Å². The van der Waals surface area contributed by atoms with E-state index in [1.807, 2.05) is 6.20 Å². The summed E-state index contributed by atoms with van der Waals surface area (Å²) in [6, 6.07) is 2.54. The highest BCUT2D eigenvalue weighted by Gasteiger charge is 2.13. The third-order valence-corrected chi connectivity index (χ3v) is 3.15. The Morgan fingerprint density at radius 3 is 2.69 bits per heavy atom. The molecule has 1 aromatic rings. The van der Waals surface area contributed by atoms with Gasteiger partial charge in [-0.05, 0) is 54.8 Å². The molecule has 0 saturated carbocycles. The second-order valence-electron chi connectivity index (χ2n) is 4.12. The summed E-state index contributed by atoms with van der Waals surface area (Å²) in [7, 11) is 0. The zero-order chi connectivity index (χ0) is 12.1. The summed E-state index contributed by atoms with van der Waals surface area (Å²) in [5.74, 6) is 1.75. The standard InChI is InChI=1S/C12H18BrClN2/c1-9(2)16(6-4-5-14)12-10(3)7-11(13)8-15-12/h7-9H,4-6H2,1-3H3. The van der Waals surface area contributed by atoms with Gasteiger partial charge in [0.15, 0.2) is 0 Å². The smallest absolute Gasteiger partial charge is 0.131 e. The maximum atomic E-state index is 5.75. The number of pyridine rings is 1. The van der Waals surface area contributed by atoms with Gasteiger partial charge in [0.05, 0.1) is 0 Å². The van der Waals surface area contributed by atoms with Crippen molar-refractivity contribution in [3.8, 4) is 0 Å². The molecule has 1 heterocycles. The first-order valence-corrected chi connectivity index (χ1v) is 6.83. The van der Waals surface area contributed by atoms with Gasteiger partial charge in [-0.2, -0.15) is 0 Å². The van der Waals surface area contributed by atoms with Crippen LogP contribution in [0.3, 0.4) is 0 Å². The van der Waals surface area contributed by atoms with E-state index in [1.165, 1.54) is 5.56 Å². The monoisotopic (exact) mass is 304 g/mol. The number of aryl methyl sites for hydroxylation is 1. The van der Waals surface area contributed by atoms with E-state index in [4.69, 9.17) is 11.6 Å². The van der Waals surface area contributed by atoms with E-state index < -0.39 is 0 Å². The molecule has 0 aliphatic carbocycles. The fourth-order valence-corrected chi connectivity index (χ4v) is 2.24. The molecule has 0 aliphatic heterocycles. The molecule has 4 heteroatoms. The molecule has 0 spiro atoms. The Morgan fingerprint density at radius 2 is 2.19 bits per heavy atom. The average molecular weight is 306 g/mol. The molecule has 0 aromatic carbocycles. The molecule has 0 aliphatic rings. The van der Waals surface area contributed by atoms with E-state index in [1.54, 1.807) is 0 Å². The fraction of sp³-hybridized carbons (Fsp3) is 0.583. The summed E-state index contributed by atoms with van der Waals surface area (Å²) < 4.78 is 1.02. The fourth-order valence-electron chi connectivity index (χ4n) is 1.67. The molecule has 0 radical (unpaired) electrons. The molecular formula is C12H18BrClN2. The second kappa shape index (κ2) is 6.45. The van der Waals surface area contributed by atoms with Gasteiger partial charge in [0.1, 0.15) is 5.82 Å². The van der Waals surface area contributed by atoms with E-state index in [0.29, 0.717) is 11.9 Å². The van der Waals surface area contributed by atoms with Crippen molar-refractivity contribution in [1.29, 1.82) is 0 Å². The normalized spacial score (nSPS) is 10.9. The highest BCUT2D eigenvalue weighted by atomic mass is 79.9. The third kappa shape index (κ3) is 3.63. The van der Waals surface area contributed by atoms with Crippen LogP contribution in [0.1, 0.15) is 25.8 Å². The minimum Gasteiger partial charge on any atom is -0.354 e. The summed E-state index contributed by atoms with van der Waals surface area (Å²) in [5, 5.41) is 0. The van der Waals surface area contributed by atoms with Crippen LogP contribution in [-0.2, 0) is 0 Å². The molecule has 0 fully saturated rings. The lowest BCUT2D eigenvalue weighted by Gasteiger charge is -2.29. The van der Waals surface area contributed by atoms with Gasteiger partial charge in [0.25, 0.3) is 0 Å². The topological polar surface area (TPSA) is 16.1 Å². The van der Waals surface area contributed by atoms with E-state index in [0.717, 1.165) is 23.3 Å². The van der Waals surface area contributed by atoms with Crippen molar-refractivity contribution in [3.05, 3.63) is 22.3 Å². The number of rotatable bonds is 5. The van der Waals surface area contributed by atoms with Gasteiger partial charge in [-0.3, -0.25) is 0 Å². The Kier molecular flexibility index (Phi) is 5.56. The van der Waals surface area contributed by atoms with Crippen molar-refractivity contribution >= 4 is 33.3 Å². The van der Waals surface area contributed by atoms with Gasteiger partial charge in [-0.25, -0.2) is 4.98 Å². The van der Waals surface area contributed by atoms with Crippen LogP contribution < -0.4 is 4.90 Å². The Morgan fingerprint density at radius 1 is 1.50 bits per heavy atom. The molecule has 0 amide bonds. The highest BCUT2D eigenvalue weighted by Crippen LogP contribution is 2.22. The van der Waals surface area contributed by atoms with Gasteiger partial charge in [0, 0.05) is 29.1 Å². The van der Waals surface area contributed by atoms with Crippen LogP contribution in [0.25, 0.3) is 0 Å². The largest absolute Gasteiger partial charge is 0.354 e. The Hall–Kier alpha value is -0.280. The summed E-state index contributed by atoms with van der Waals surface area (Å²) in [6.45, 7) is 7.40. The number of alkyl halides is 1.